The Balaban J connectivity index is 1.75. The Morgan fingerprint density at radius 3 is 2.69 bits per heavy atom. The number of hydrogen-bond donors (Lipinski definition) is 1. The van der Waals surface area contributed by atoms with Crippen molar-refractivity contribution in [1.29, 1.82) is 0 Å². The highest BCUT2D eigenvalue weighted by Gasteiger charge is 2.21. The van der Waals surface area contributed by atoms with Crippen LogP contribution in [0.25, 0.3) is 11.3 Å². The number of carbonyl (C=O) groups is 1. The van der Waals surface area contributed by atoms with Gasteiger partial charge in [0.15, 0.2) is 5.76 Å². The lowest BCUT2D eigenvalue weighted by Crippen LogP contribution is -2.39. The third-order valence-corrected chi connectivity index (χ3v) is 4.30. The second-order valence-electron chi connectivity index (χ2n) is 6.69. The summed E-state index contributed by atoms with van der Waals surface area (Å²) in [6.45, 7) is 3.80. The molecule has 152 valence electrons. The van der Waals surface area contributed by atoms with E-state index in [2.05, 4.69) is 10.5 Å². The molecule has 0 saturated heterocycles. The molecular weight excluding hydrogens is 380 g/mol. The van der Waals surface area contributed by atoms with Gasteiger partial charge in [-0.1, -0.05) is 17.3 Å². The molecule has 8 heteroatoms. The highest BCUT2D eigenvalue weighted by Crippen LogP contribution is 2.25. The lowest BCUT2D eigenvalue weighted by molar-refractivity contribution is 0.191. The highest BCUT2D eigenvalue weighted by molar-refractivity contribution is 5.89. The smallest absolute Gasteiger partial charge is 0.322 e. The van der Waals surface area contributed by atoms with Gasteiger partial charge in [0.05, 0.1) is 19.3 Å². The molecule has 1 aromatic heterocycles. The third-order valence-electron chi connectivity index (χ3n) is 4.30. The van der Waals surface area contributed by atoms with Gasteiger partial charge in [0, 0.05) is 23.7 Å². The molecule has 0 bridgehead atoms. The van der Waals surface area contributed by atoms with Crippen molar-refractivity contribution in [2.24, 2.45) is 0 Å². The van der Waals surface area contributed by atoms with Crippen LogP contribution in [0.4, 0.5) is 19.3 Å². The molecule has 0 radical (unpaired) electrons. The Hall–Kier alpha value is -3.42. The Morgan fingerprint density at radius 1 is 1.21 bits per heavy atom. The van der Waals surface area contributed by atoms with Gasteiger partial charge in [-0.05, 0) is 38.1 Å². The number of nitrogens with zero attached hydrogens (tertiary/aromatic N) is 2. The second-order valence-corrected chi connectivity index (χ2v) is 6.69. The number of rotatable bonds is 6. The van der Waals surface area contributed by atoms with Crippen molar-refractivity contribution in [3.63, 3.8) is 0 Å². The van der Waals surface area contributed by atoms with E-state index in [-0.39, 0.29) is 18.3 Å². The summed E-state index contributed by atoms with van der Waals surface area (Å²) in [5.74, 6) is -0.338. The van der Waals surface area contributed by atoms with Crippen LogP contribution < -0.4 is 10.1 Å². The number of anilines is 1. The number of hydrogen-bond acceptors (Lipinski definition) is 4. The molecular formula is C21H21F2N3O3. The first-order valence-corrected chi connectivity index (χ1v) is 9.00. The van der Waals surface area contributed by atoms with Gasteiger partial charge < -0.3 is 19.5 Å². The van der Waals surface area contributed by atoms with Gasteiger partial charge in [-0.3, -0.25) is 0 Å². The summed E-state index contributed by atoms with van der Waals surface area (Å²) in [5.41, 5.74) is 1.22. The lowest BCUT2D eigenvalue weighted by atomic mass is 10.1. The van der Waals surface area contributed by atoms with Gasteiger partial charge in [-0.15, -0.1) is 0 Å². The summed E-state index contributed by atoms with van der Waals surface area (Å²) in [6, 6.07) is 11.3. The van der Waals surface area contributed by atoms with Gasteiger partial charge >= 0.3 is 6.03 Å². The van der Waals surface area contributed by atoms with Gasteiger partial charge in [0.2, 0.25) is 0 Å². The second kappa shape index (κ2) is 8.72. The molecule has 0 spiro atoms. The van der Waals surface area contributed by atoms with Crippen molar-refractivity contribution in [2.45, 2.75) is 26.4 Å². The summed E-state index contributed by atoms with van der Waals surface area (Å²) in [5, 5.41) is 6.49. The van der Waals surface area contributed by atoms with Crippen LogP contribution in [0, 0.1) is 11.6 Å². The number of carbonyl (C=O) groups excluding carboxylic acids is 1. The summed E-state index contributed by atoms with van der Waals surface area (Å²) < 4.78 is 37.5. The van der Waals surface area contributed by atoms with E-state index < -0.39 is 17.7 Å². The average molecular weight is 401 g/mol. The van der Waals surface area contributed by atoms with Crippen LogP contribution in [0.1, 0.15) is 19.5 Å². The Kier molecular flexibility index (Phi) is 6.11. The zero-order valence-electron chi connectivity index (χ0n) is 16.3. The number of methoxy groups -OCH3 is 1. The molecule has 1 heterocycles. The fraction of sp³-hybridized carbons (Fsp3) is 0.238. The first-order chi connectivity index (χ1) is 13.9. The zero-order valence-corrected chi connectivity index (χ0v) is 16.3. The highest BCUT2D eigenvalue weighted by atomic mass is 19.1. The van der Waals surface area contributed by atoms with Crippen LogP contribution in [-0.2, 0) is 6.54 Å². The maximum atomic E-state index is 13.8. The van der Waals surface area contributed by atoms with Gasteiger partial charge in [0.25, 0.3) is 0 Å². The van der Waals surface area contributed by atoms with Crippen LogP contribution in [0.15, 0.2) is 53.1 Å². The third kappa shape index (κ3) is 4.90. The molecule has 2 aromatic carbocycles. The van der Waals surface area contributed by atoms with Crippen molar-refractivity contribution in [1.82, 2.24) is 10.1 Å². The molecule has 2 amide bonds. The predicted molar refractivity (Wildman–Crippen MR) is 105 cm³/mol. The fourth-order valence-corrected chi connectivity index (χ4v) is 2.74. The lowest BCUT2D eigenvalue weighted by Gasteiger charge is -2.26. The van der Waals surface area contributed by atoms with Gasteiger partial charge in [-0.25, -0.2) is 13.6 Å². The monoisotopic (exact) mass is 401 g/mol. The number of benzene rings is 2. The molecule has 0 atom stereocenters. The Morgan fingerprint density at radius 2 is 2.00 bits per heavy atom. The average Bonchev–Trinajstić information content (AvgIpc) is 3.17. The Bertz CT molecular complexity index is 1000. The largest absolute Gasteiger partial charge is 0.497 e. The maximum Gasteiger partial charge on any atom is 0.322 e. The summed E-state index contributed by atoms with van der Waals surface area (Å²) in [6.07, 6.45) is 0. The van der Waals surface area contributed by atoms with E-state index in [0.717, 1.165) is 11.6 Å². The van der Waals surface area contributed by atoms with Crippen LogP contribution in [0.5, 0.6) is 5.75 Å². The predicted octanol–water partition coefficient (Wildman–Crippen LogP) is 5.07. The molecule has 0 fully saturated rings. The van der Waals surface area contributed by atoms with Crippen molar-refractivity contribution in [3.05, 3.63) is 65.9 Å². The molecule has 0 aliphatic rings. The number of nitrogens with one attached hydrogen (secondary N) is 1. The summed E-state index contributed by atoms with van der Waals surface area (Å²) in [4.78, 5) is 14.1. The normalized spacial score (nSPS) is 10.8. The van der Waals surface area contributed by atoms with E-state index >= 15 is 0 Å². The molecule has 1 N–H and O–H groups in total. The van der Waals surface area contributed by atoms with Gasteiger partial charge in [-0.2, -0.15) is 0 Å². The van der Waals surface area contributed by atoms with Gasteiger partial charge in [0.1, 0.15) is 23.1 Å². The SMILES string of the molecule is COc1cccc(-c2cc(CN(C(=O)Nc3ccc(F)cc3F)C(C)C)no2)c1. The molecule has 3 aromatic rings. The van der Waals surface area contributed by atoms with E-state index in [1.54, 1.807) is 13.2 Å². The topological polar surface area (TPSA) is 67.6 Å². The number of urea groups is 1. The van der Waals surface area contributed by atoms with E-state index in [9.17, 15) is 13.6 Å². The standard InChI is InChI=1S/C21H21F2N3O3/c1-13(2)26(21(27)24-19-8-7-15(22)10-18(19)23)12-16-11-20(29-25-16)14-5-4-6-17(9-14)28-3/h4-11,13H,12H2,1-3H3,(H,24,27). The zero-order chi connectivity index (χ0) is 21.0. The molecule has 0 saturated carbocycles. The fourth-order valence-electron chi connectivity index (χ4n) is 2.74. The minimum Gasteiger partial charge on any atom is -0.497 e. The van der Waals surface area contributed by atoms with Crippen LogP contribution in [0.3, 0.4) is 0 Å². The molecule has 3 rings (SSSR count). The first kappa shape index (κ1) is 20.3. The van der Waals surface area contributed by atoms with Crippen LogP contribution in [0.2, 0.25) is 0 Å². The molecule has 0 aliphatic carbocycles. The maximum absolute atomic E-state index is 13.8. The quantitative estimate of drug-likeness (QED) is 0.626. The van der Waals surface area contributed by atoms with E-state index in [1.807, 2.05) is 38.1 Å². The Labute approximate surface area is 167 Å². The summed E-state index contributed by atoms with van der Waals surface area (Å²) >= 11 is 0. The van der Waals surface area contributed by atoms with Crippen LogP contribution in [-0.4, -0.2) is 29.2 Å². The summed E-state index contributed by atoms with van der Waals surface area (Å²) in [7, 11) is 1.58. The number of amides is 2. The molecule has 6 nitrogen and oxygen atoms in total. The molecule has 0 unspecified atom stereocenters. The van der Waals surface area contributed by atoms with E-state index in [0.29, 0.717) is 23.3 Å². The van der Waals surface area contributed by atoms with E-state index in [4.69, 9.17) is 9.26 Å². The molecule has 29 heavy (non-hydrogen) atoms. The number of halogens is 2. The van der Waals surface area contributed by atoms with Crippen molar-refractivity contribution in [3.8, 4) is 17.1 Å². The molecule has 0 aliphatic heterocycles. The van der Waals surface area contributed by atoms with E-state index in [1.165, 1.54) is 11.0 Å². The van der Waals surface area contributed by atoms with Crippen molar-refractivity contribution >= 4 is 11.7 Å². The first-order valence-electron chi connectivity index (χ1n) is 9.00. The minimum atomic E-state index is -0.844. The minimum absolute atomic E-state index is 0.0979. The number of ether oxygens (including phenoxy) is 1. The van der Waals surface area contributed by atoms with Crippen molar-refractivity contribution in [2.75, 3.05) is 12.4 Å². The van der Waals surface area contributed by atoms with Crippen LogP contribution >= 0.6 is 0 Å². The number of aromatic nitrogens is 1. The van der Waals surface area contributed by atoms with Crippen molar-refractivity contribution < 1.29 is 22.8 Å².